The van der Waals surface area contributed by atoms with E-state index < -0.39 is 10.0 Å². The van der Waals surface area contributed by atoms with E-state index in [-0.39, 0.29) is 23.3 Å². The summed E-state index contributed by atoms with van der Waals surface area (Å²) in [5, 5.41) is 2.96. The molecule has 1 aliphatic rings. The van der Waals surface area contributed by atoms with Gasteiger partial charge in [-0.2, -0.15) is 4.31 Å². The zero-order chi connectivity index (χ0) is 19.3. The van der Waals surface area contributed by atoms with E-state index in [1.54, 1.807) is 12.3 Å². The molecule has 1 fully saturated rings. The van der Waals surface area contributed by atoms with Crippen LogP contribution in [0.1, 0.15) is 24.0 Å². The number of nitrogens with zero attached hydrogens (tertiary/aromatic N) is 2. The lowest BCUT2D eigenvalue weighted by molar-refractivity contribution is -0.126. The third-order valence-electron chi connectivity index (χ3n) is 4.82. The lowest BCUT2D eigenvalue weighted by Crippen LogP contribution is -2.45. The van der Waals surface area contributed by atoms with Gasteiger partial charge in [-0.1, -0.05) is 29.8 Å². The molecule has 144 valence electrons. The molecular formula is C20H25N3O3S. The first-order valence-corrected chi connectivity index (χ1v) is 10.6. The van der Waals surface area contributed by atoms with Crippen LogP contribution in [0.4, 0.5) is 0 Å². The van der Waals surface area contributed by atoms with Crippen LogP contribution in [-0.2, 0) is 21.2 Å². The van der Waals surface area contributed by atoms with Crippen LogP contribution in [0, 0.1) is 12.8 Å². The number of aromatic nitrogens is 1. The topological polar surface area (TPSA) is 79.4 Å². The molecule has 0 aliphatic carbocycles. The molecule has 1 unspecified atom stereocenters. The monoisotopic (exact) mass is 387 g/mol. The molecule has 7 heteroatoms. The van der Waals surface area contributed by atoms with Crippen molar-refractivity contribution >= 4 is 15.9 Å². The molecule has 27 heavy (non-hydrogen) atoms. The highest BCUT2D eigenvalue weighted by molar-refractivity contribution is 7.89. The Morgan fingerprint density at radius 2 is 2.15 bits per heavy atom. The summed E-state index contributed by atoms with van der Waals surface area (Å²) >= 11 is 0. The number of pyridine rings is 1. The quantitative estimate of drug-likeness (QED) is 0.824. The van der Waals surface area contributed by atoms with Gasteiger partial charge in [0.25, 0.3) is 0 Å². The summed E-state index contributed by atoms with van der Waals surface area (Å²) in [5.74, 6) is -0.392. The molecule has 0 radical (unpaired) electrons. The average molecular weight is 388 g/mol. The summed E-state index contributed by atoms with van der Waals surface area (Å²) in [5.41, 5.74) is 2.38. The lowest BCUT2D eigenvalue weighted by Gasteiger charge is -2.31. The van der Waals surface area contributed by atoms with Gasteiger partial charge in [-0.05, 0) is 43.9 Å². The second kappa shape index (κ2) is 8.63. The molecule has 0 saturated carbocycles. The molecule has 1 aromatic heterocycles. The van der Waals surface area contributed by atoms with E-state index in [0.29, 0.717) is 25.9 Å². The van der Waals surface area contributed by atoms with Crippen LogP contribution in [-0.4, -0.2) is 43.2 Å². The summed E-state index contributed by atoms with van der Waals surface area (Å²) in [7, 11) is -3.61. The van der Waals surface area contributed by atoms with Crippen molar-refractivity contribution < 1.29 is 13.2 Å². The van der Waals surface area contributed by atoms with E-state index in [0.717, 1.165) is 6.42 Å². The van der Waals surface area contributed by atoms with Crippen LogP contribution >= 0.6 is 0 Å². The third-order valence-corrected chi connectivity index (χ3v) is 6.67. The molecule has 0 bridgehead atoms. The number of piperidine rings is 1. The van der Waals surface area contributed by atoms with Gasteiger partial charge in [0.05, 0.1) is 5.92 Å². The molecule has 3 rings (SSSR count). The Labute approximate surface area is 160 Å². The van der Waals surface area contributed by atoms with E-state index in [9.17, 15) is 13.2 Å². The molecule has 2 heterocycles. The normalized spacial score (nSPS) is 18.2. The fourth-order valence-electron chi connectivity index (χ4n) is 3.37. The molecule has 2 aromatic rings. The van der Waals surface area contributed by atoms with Crippen LogP contribution in [0.5, 0.6) is 0 Å². The van der Waals surface area contributed by atoms with Crippen molar-refractivity contribution in [2.45, 2.75) is 31.1 Å². The second-order valence-corrected chi connectivity index (χ2v) is 8.86. The van der Waals surface area contributed by atoms with Crippen LogP contribution in [0.15, 0.2) is 53.7 Å². The Morgan fingerprint density at radius 3 is 2.89 bits per heavy atom. The SMILES string of the molecule is Cc1cccc(CCNC(=O)C2CCCN(S(=O)(=O)c3cccnc3)C2)c1. The minimum Gasteiger partial charge on any atom is -0.355 e. The first-order valence-electron chi connectivity index (χ1n) is 9.20. The van der Waals surface area contributed by atoms with Gasteiger partial charge in [0.2, 0.25) is 15.9 Å². The minimum atomic E-state index is -3.61. The van der Waals surface area contributed by atoms with Gasteiger partial charge < -0.3 is 5.32 Å². The summed E-state index contributed by atoms with van der Waals surface area (Å²) in [6.45, 7) is 3.24. The van der Waals surface area contributed by atoms with Gasteiger partial charge in [-0.25, -0.2) is 8.42 Å². The van der Waals surface area contributed by atoms with Crippen LogP contribution in [0.3, 0.4) is 0 Å². The number of hydrogen-bond donors (Lipinski definition) is 1. The zero-order valence-corrected chi connectivity index (χ0v) is 16.3. The van der Waals surface area contributed by atoms with Gasteiger partial charge in [0.15, 0.2) is 0 Å². The fourth-order valence-corrected chi connectivity index (χ4v) is 4.85. The maximum Gasteiger partial charge on any atom is 0.244 e. The third kappa shape index (κ3) is 4.93. The van der Waals surface area contributed by atoms with E-state index >= 15 is 0 Å². The summed E-state index contributed by atoms with van der Waals surface area (Å²) in [6.07, 6.45) is 5.03. The minimum absolute atomic E-state index is 0.0752. The van der Waals surface area contributed by atoms with Gasteiger partial charge in [0, 0.05) is 32.0 Å². The fraction of sp³-hybridized carbons (Fsp3) is 0.400. The number of sulfonamides is 1. The molecule has 1 N–H and O–H groups in total. The van der Waals surface area contributed by atoms with Crippen molar-refractivity contribution in [1.29, 1.82) is 0 Å². The zero-order valence-electron chi connectivity index (χ0n) is 15.5. The molecule has 1 atom stereocenters. The molecular weight excluding hydrogens is 362 g/mol. The Morgan fingerprint density at radius 1 is 1.30 bits per heavy atom. The molecule has 1 aliphatic heterocycles. The standard InChI is InChI=1S/C20H25N3O3S/c1-16-5-2-6-17(13-16)9-11-22-20(24)18-7-4-12-23(15-18)27(25,26)19-8-3-10-21-14-19/h2-3,5-6,8,10,13-14,18H,4,7,9,11-12,15H2,1H3,(H,22,24). The maximum absolute atomic E-state index is 12.7. The Balaban J connectivity index is 1.56. The Kier molecular flexibility index (Phi) is 6.23. The Hall–Kier alpha value is -2.25. The van der Waals surface area contributed by atoms with Crippen molar-refractivity contribution in [2.24, 2.45) is 5.92 Å². The number of benzene rings is 1. The summed E-state index contributed by atoms with van der Waals surface area (Å²) in [6, 6.07) is 11.3. The smallest absolute Gasteiger partial charge is 0.244 e. The van der Waals surface area contributed by atoms with E-state index in [4.69, 9.17) is 0 Å². The van der Waals surface area contributed by atoms with E-state index in [2.05, 4.69) is 16.4 Å². The first-order chi connectivity index (χ1) is 13.0. The largest absolute Gasteiger partial charge is 0.355 e. The molecule has 6 nitrogen and oxygen atoms in total. The number of aryl methyl sites for hydroxylation is 1. The number of hydrogen-bond acceptors (Lipinski definition) is 4. The van der Waals surface area contributed by atoms with Crippen molar-refractivity contribution in [1.82, 2.24) is 14.6 Å². The summed E-state index contributed by atoms with van der Waals surface area (Å²) in [4.78, 5) is 16.6. The first kappa shape index (κ1) is 19.5. The van der Waals surface area contributed by atoms with Crippen LogP contribution < -0.4 is 5.32 Å². The van der Waals surface area contributed by atoms with Crippen molar-refractivity contribution in [3.05, 3.63) is 59.9 Å². The average Bonchev–Trinajstić information content (AvgIpc) is 2.69. The molecule has 0 spiro atoms. The maximum atomic E-state index is 12.7. The van der Waals surface area contributed by atoms with Crippen LogP contribution in [0.25, 0.3) is 0 Å². The van der Waals surface area contributed by atoms with Gasteiger partial charge in [-0.3, -0.25) is 9.78 Å². The van der Waals surface area contributed by atoms with Gasteiger partial charge in [-0.15, -0.1) is 0 Å². The van der Waals surface area contributed by atoms with Crippen molar-refractivity contribution in [3.63, 3.8) is 0 Å². The van der Waals surface area contributed by atoms with Crippen molar-refractivity contribution in [2.75, 3.05) is 19.6 Å². The number of nitrogens with one attached hydrogen (secondary N) is 1. The lowest BCUT2D eigenvalue weighted by atomic mass is 9.98. The highest BCUT2D eigenvalue weighted by Crippen LogP contribution is 2.23. The molecule has 1 saturated heterocycles. The van der Waals surface area contributed by atoms with Gasteiger partial charge in [0.1, 0.15) is 4.90 Å². The summed E-state index contributed by atoms with van der Waals surface area (Å²) < 4.78 is 26.9. The predicted molar refractivity (Wildman–Crippen MR) is 104 cm³/mol. The second-order valence-electron chi connectivity index (χ2n) is 6.92. The number of carbonyl (C=O) groups is 1. The highest BCUT2D eigenvalue weighted by atomic mass is 32.2. The van der Waals surface area contributed by atoms with E-state index in [1.165, 1.54) is 27.7 Å². The highest BCUT2D eigenvalue weighted by Gasteiger charge is 2.33. The number of carbonyl (C=O) groups excluding carboxylic acids is 1. The number of amides is 1. The van der Waals surface area contributed by atoms with Gasteiger partial charge >= 0.3 is 0 Å². The van der Waals surface area contributed by atoms with E-state index in [1.807, 2.05) is 25.1 Å². The molecule has 1 aromatic carbocycles. The molecule has 1 amide bonds. The predicted octanol–water partition coefficient (Wildman–Crippen LogP) is 2.15. The Bertz CT molecular complexity index is 884. The van der Waals surface area contributed by atoms with Crippen molar-refractivity contribution in [3.8, 4) is 0 Å². The number of rotatable bonds is 6. The van der Waals surface area contributed by atoms with Crippen LogP contribution in [0.2, 0.25) is 0 Å².